The van der Waals surface area contributed by atoms with Crippen molar-refractivity contribution in [1.82, 2.24) is 15.5 Å². The highest BCUT2D eigenvalue weighted by atomic mass is 16.7. The van der Waals surface area contributed by atoms with Gasteiger partial charge in [-0.25, -0.2) is 4.79 Å². The summed E-state index contributed by atoms with van der Waals surface area (Å²) < 4.78 is 10.5. The van der Waals surface area contributed by atoms with Crippen LogP contribution in [0.15, 0.2) is 18.2 Å². The summed E-state index contributed by atoms with van der Waals surface area (Å²) in [7, 11) is 0. The molecule has 4 rings (SSSR count). The smallest absolute Gasteiger partial charge is 0.325 e. The number of hydrogen-bond acceptors (Lipinski definition) is 5. The minimum Gasteiger partial charge on any atom is -0.454 e. The van der Waals surface area contributed by atoms with Crippen LogP contribution in [0.3, 0.4) is 0 Å². The van der Waals surface area contributed by atoms with Crippen LogP contribution in [0.1, 0.15) is 31.2 Å². The highest BCUT2D eigenvalue weighted by Crippen LogP contribution is 2.35. The summed E-state index contributed by atoms with van der Waals surface area (Å²) in [5.41, 5.74) is 0.0661. The molecule has 1 aromatic carbocycles. The Morgan fingerprint density at radius 3 is 2.76 bits per heavy atom. The van der Waals surface area contributed by atoms with Gasteiger partial charge in [-0.05, 0) is 30.5 Å². The standard InChI is InChI=1S/C17H19N3O5/c21-14(18-8-11-3-4-12-13(7-11)25-10-24-12)9-20-15(22)17(19-16(20)23)5-1-2-6-17/h3-4,7H,1-2,5-6,8-10H2,(H,18,21)(H,19,23). The first-order valence-electron chi connectivity index (χ1n) is 8.37. The first kappa shape index (κ1) is 15.7. The Kier molecular flexibility index (Phi) is 3.74. The van der Waals surface area contributed by atoms with E-state index in [9.17, 15) is 14.4 Å². The maximum Gasteiger partial charge on any atom is 0.325 e. The van der Waals surface area contributed by atoms with E-state index < -0.39 is 11.6 Å². The number of amides is 4. The first-order chi connectivity index (χ1) is 12.1. The fourth-order valence-corrected chi connectivity index (χ4v) is 3.59. The number of imide groups is 1. The van der Waals surface area contributed by atoms with E-state index in [0.717, 1.165) is 23.3 Å². The second kappa shape index (κ2) is 5.94. The lowest BCUT2D eigenvalue weighted by Crippen LogP contribution is -2.45. The summed E-state index contributed by atoms with van der Waals surface area (Å²) >= 11 is 0. The van der Waals surface area contributed by atoms with Crippen molar-refractivity contribution in [2.75, 3.05) is 13.3 Å². The van der Waals surface area contributed by atoms with Gasteiger partial charge in [0.25, 0.3) is 5.91 Å². The molecule has 2 N–H and O–H groups in total. The number of nitrogens with one attached hydrogen (secondary N) is 2. The van der Waals surface area contributed by atoms with Gasteiger partial charge in [-0.15, -0.1) is 0 Å². The molecule has 0 atom stereocenters. The van der Waals surface area contributed by atoms with E-state index in [1.54, 1.807) is 12.1 Å². The molecule has 2 aliphatic heterocycles. The van der Waals surface area contributed by atoms with Gasteiger partial charge in [-0.2, -0.15) is 0 Å². The zero-order valence-corrected chi connectivity index (χ0v) is 13.7. The Labute approximate surface area is 144 Å². The molecule has 4 amide bonds. The van der Waals surface area contributed by atoms with Crippen molar-refractivity contribution in [3.8, 4) is 11.5 Å². The van der Waals surface area contributed by atoms with Crippen molar-refractivity contribution in [3.05, 3.63) is 23.8 Å². The van der Waals surface area contributed by atoms with Crippen molar-refractivity contribution in [2.45, 2.75) is 37.8 Å². The summed E-state index contributed by atoms with van der Waals surface area (Å²) in [6, 6.07) is 4.93. The molecular formula is C17H19N3O5. The predicted octanol–water partition coefficient (Wildman–Crippen LogP) is 0.896. The molecule has 2 heterocycles. The van der Waals surface area contributed by atoms with Crippen LogP contribution in [0.4, 0.5) is 4.79 Å². The Bertz CT molecular complexity index is 742. The minimum absolute atomic E-state index is 0.194. The van der Waals surface area contributed by atoms with Gasteiger partial charge in [-0.1, -0.05) is 18.9 Å². The highest BCUT2D eigenvalue weighted by molar-refractivity contribution is 6.09. The summed E-state index contributed by atoms with van der Waals surface area (Å²) in [5, 5.41) is 5.49. The number of carbonyl (C=O) groups is 3. The van der Waals surface area contributed by atoms with Crippen molar-refractivity contribution in [1.29, 1.82) is 0 Å². The number of carbonyl (C=O) groups excluding carboxylic acids is 3. The highest BCUT2D eigenvalue weighted by Gasteiger charge is 2.52. The molecule has 2 fully saturated rings. The average molecular weight is 345 g/mol. The maximum atomic E-state index is 12.5. The van der Waals surface area contributed by atoms with E-state index >= 15 is 0 Å². The maximum absolute atomic E-state index is 12.5. The van der Waals surface area contributed by atoms with Gasteiger partial charge >= 0.3 is 6.03 Å². The van der Waals surface area contributed by atoms with E-state index in [2.05, 4.69) is 10.6 Å². The predicted molar refractivity (Wildman–Crippen MR) is 85.9 cm³/mol. The van der Waals surface area contributed by atoms with Crippen molar-refractivity contribution < 1.29 is 23.9 Å². The number of hydrogen-bond donors (Lipinski definition) is 2. The molecule has 25 heavy (non-hydrogen) atoms. The third-order valence-corrected chi connectivity index (χ3v) is 4.93. The van der Waals surface area contributed by atoms with Gasteiger partial charge in [0.05, 0.1) is 0 Å². The topological polar surface area (TPSA) is 97.0 Å². The second-order valence-corrected chi connectivity index (χ2v) is 6.58. The molecule has 3 aliphatic rings. The fraction of sp³-hybridized carbons (Fsp3) is 0.471. The van der Waals surface area contributed by atoms with E-state index in [1.807, 2.05) is 6.07 Å². The quantitative estimate of drug-likeness (QED) is 0.790. The number of ether oxygens (including phenoxy) is 2. The third-order valence-electron chi connectivity index (χ3n) is 4.93. The van der Waals surface area contributed by atoms with Crippen LogP contribution < -0.4 is 20.1 Å². The van der Waals surface area contributed by atoms with Gasteiger partial charge < -0.3 is 20.1 Å². The molecule has 1 saturated heterocycles. The zero-order valence-electron chi connectivity index (χ0n) is 13.7. The van der Waals surface area contributed by atoms with Gasteiger partial charge in [0.1, 0.15) is 12.1 Å². The molecule has 0 aromatic heterocycles. The fourth-order valence-electron chi connectivity index (χ4n) is 3.59. The van der Waals surface area contributed by atoms with Crippen LogP contribution in [0, 0.1) is 0 Å². The molecule has 0 radical (unpaired) electrons. The Morgan fingerprint density at radius 1 is 1.20 bits per heavy atom. The molecule has 1 aromatic rings. The summed E-state index contributed by atoms with van der Waals surface area (Å²) in [5.74, 6) is 0.657. The van der Waals surface area contributed by atoms with Crippen LogP contribution in [0.5, 0.6) is 11.5 Å². The van der Waals surface area contributed by atoms with Crippen LogP contribution in [-0.2, 0) is 16.1 Å². The summed E-state index contributed by atoms with van der Waals surface area (Å²) in [6.45, 7) is 0.209. The normalized spacial score (nSPS) is 20.2. The first-order valence-corrected chi connectivity index (χ1v) is 8.37. The van der Waals surface area contributed by atoms with Crippen LogP contribution >= 0.6 is 0 Å². The number of benzene rings is 1. The molecule has 0 bridgehead atoms. The lowest BCUT2D eigenvalue weighted by atomic mass is 9.98. The monoisotopic (exact) mass is 345 g/mol. The van der Waals surface area contributed by atoms with Gasteiger partial charge in [0, 0.05) is 6.54 Å². The van der Waals surface area contributed by atoms with Crippen LogP contribution in [-0.4, -0.2) is 41.6 Å². The SMILES string of the molecule is O=C(CN1C(=O)NC2(CCCC2)C1=O)NCc1ccc2c(c1)OCO2. The van der Waals surface area contributed by atoms with E-state index in [-0.39, 0.29) is 31.7 Å². The van der Waals surface area contributed by atoms with E-state index in [0.29, 0.717) is 24.3 Å². The molecule has 1 aliphatic carbocycles. The molecular weight excluding hydrogens is 326 g/mol. The lowest BCUT2D eigenvalue weighted by Gasteiger charge is -2.19. The molecule has 1 spiro atoms. The van der Waals surface area contributed by atoms with Gasteiger partial charge in [0.15, 0.2) is 11.5 Å². The number of fused-ring (bicyclic) bond motifs is 1. The number of urea groups is 1. The number of rotatable bonds is 4. The van der Waals surface area contributed by atoms with Crippen molar-refractivity contribution in [2.24, 2.45) is 0 Å². The molecule has 0 unspecified atom stereocenters. The lowest BCUT2D eigenvalue weighted by molar-refractivity contribution is -0.134. The van der Waals surface area contributed by atoms with Crippen LogP contribution in [0.25, 0.3) is 0 Å². The molecule has 8 nitrogen and oxygen atoms in total. The van der Waals surface area contributed by atoms with E-state index in [4.69, 9.17) is 9.47 Å². The van der Waals surface area contributed by atoms with Gasteiger partial charge in [-0.3, -0.25) is 14.5 Å². The summed E-state index contributed by atoms with van der Waals surface area (Å²) in [4.78, 5) is 37.8. The molecule has 132 valence electrons. The third kappa shape index (κ3) is 2.77. The van der Waals surface area contributed by atoms with Crippen LogP contribution in [0.2, 0.25) is 0 Å². The van der Waals surface area contributed by atoms with Crippen molar-refractivity contribution in [3.63, 3.8) is 0 Å². The minimum atomic E-state index is -0.783. The Hall–Kier alpha value is -2.77. The molecule has 8 heteroatoms. The van der Waals surface area contributed by atoms with Gasteiger partial charge in [0.2, 0.25) is 12.7 Å². The zero-order chi connectivity index (χ0) is 17.4. The largest absolute Gasteiger partial charge is 0.454 e. The average Bonchev–Trinajstić information content (AvgIpc) is 3.30. The number of nitrogens with zero attached hydrogens (tertiary/aromatic N) is 1. The molecule has 1 saturated carbocycles. The summed E-state index contributed by atoms with van der Waals surface area (Å²) in [6.07, 6.45) is 3.12. The van der Waals surface area contributed by atoms with Crippen molar-refractivity contribution >= 4 is 17.8 Å². The Balaban J connectivity index is 1.34. The second-order valence-electron chi connectivity index (χ2n) is 6.58. The Morgan fingerprint density at radius 2 is 1.96 bits per heavy atom. The van der Waals surface area contributed by atoms with E-state index in [1.165, 1.54) is 0 Å².